The molecule has 0 bridgehead atoms. The molecule has 6 heteroatoms. The largest absolute Gasteiger partial charge is 0.307 e. The minimum absolute atomic E-state index is 0.383. The highest BCUT2D eigenvalue weighted by atomic mass is 19.2. The first-order valence-electron chi connectivity index (χ1n) is 6.26. The van der Waals surface area contributed by atoms with Crippen LogP contribution in [-0.2, 0) is 13.1 Å². The molecule has 1 fully saturated rings. The van der Waals surface area contributed by atoms with Crippen LogP contribution in [0.4, 0.5) is 8.78 Å². The first-order chi connectivity index (χ1) is 9.20. The van der Waals surface area contributed by atoms with Crippen LogP contribution in [0.2, 0.25) is 0 Å². The van der Waals surface area contributed by atoms with Gasteiger partial charge >= 0.3 is 0 Å². The first-order valence-corrected chi connectivity index (χ1v) is 6.26. The predicted molar refractivity (Wildman–Crippen MR) is 65.3 cm³/mol. The molecule has 1 aromatic heterocycles. The van der Waals surface area contributed by atoms with Crippen LogP contribution in [-0.4, -0.2) is 20.8 Å². The molecule has 1 aromatic carbocycles. The highest BCUT2D eigenvalue weighted by Crippen LogP contribution is 2.18. The van der Waals surface area contributed by atoms with E-state index in [1.807, 2.05) is 0 Å². The second kappa shape index (κ2) is 5.05. The quantitative estimate of drug-likeness (QED) is 0.896. The van der Waals surface area contributed by atoms with Crippen molar-refractivity contribution in [2.75, 3.05) is 0 Å². The molecule has 4 nitrogen and oxygen atoms in total. The van der Waals surface area contributed by atoms with Gasteiger partial charge in [-0.15, -0.1) is 0 Å². The van der Waals surface area contributed by atoms with E-state index in [2.05, 4.69) is 15.4 Å². The summed E-state index contributed by atoms with van der Waals surface area (Å²) < 4.78 is 27.5. The Kier molecular flexibility index (Phi) is 3.25. The second-order valence-corrected chi connectivity index (χ2v) is 4.76. The molecule has 1 N–H and O–H groups in total. The number of benzene rings is 1. The SMILES string of the molecule is Fc1ccc(Cn2cnc(CNC3CC3)n2)cc1F. The van der Waals surface area contributed by atoms with Crippen molar-refractivity contribution in [1.29, 1.82) is 0 Å². The van der Waals surface area contributed by atoms with Crippen LogP contribution in [0.1, 0.15) is 24.2 Å². The maximum absolute atomic E-state index is 13.1. The van der Waals surface area contributed by atoms with Crippen molar-refractivity contribution >= 4 is 0 Å². The minimum atomic E-state index is -0.840. The predicted octanol–water partition coefficient (Wildman–Crippen LogP) is 1.86. The normalized spacial score (nSPS) is 14.8. The molecule has 100 valence electrons. The number of nitrogens with zero attached hydrogens (tertiary/aromatic N) is 3. The Hall–Kier alpha value is -1.82. The molecule has 19 heavy (non-hydrogen) atoms. The van der Waals surface area contributed by atoms with Crippen molar-refractivity contribution in [3.63, 3.8) is 0 Å². The van der Waals surface area contributed by atoms with Crippen molar-refractivity contribution in [1.82, 2.24) is 20.1 Å². The van der Waals surface area contributed by atoms with Crippen molar-refractivity contribution in [3.8, 4) is 0 Å². The number of hydrogen-bond acceptors (Lipinski definition) is 3. The van der Waals surface area contributed by atoms with E-state index in [1.165, 1.54) is 18.9 Å². The van der Waals surface area contributed by atoms with E-state index in [4.69, 9.17) is 0 Å². The molecule has 0 atom stereocenters. The lowest BCUT2D eigenvalue weighted by atomic mass is 10.2. The lowest BCUT2D eigenvalue weighted by Gasteiger charge is -2.02. The Labute approximate surface area is 109 Å². The molecule has 0 aliphatic heterocycles. The summed E-state index contributed by atoms with van der Waals surface area (Å²) >= 11 is 0. The third-order valence-electron chi connectivity index (χ3n) is 3.04. The number of aromatic nitrogens is 3. The van der Waals surface area contributed by atoms with Crippen LogP contribution in [0.25, 0.3) is 0 Å². The molecule has 0 unspecified atom stereocenters. The Morgan fingerprint density at radius 3 is 2.84 bits per heavy atom. The van der Waals surface area contributed by atoms with Gasteiger partial charge in [0.15, 0.2) is 17.5 Å². The van der Waals surface area contributed by atoms with Gasteiger partial charge in [0.2, 0.25) is 0 Å². The average Bonchev–Trinajstić information content (AvgIpc) is 3.12. The van der Waals surface area contributed by atoms with E-state index in [0.29, 0.717) is 24.7 Å². The van der Waals surface area contributed by atoms with Gasteiger partial charge in [-0.05, 0) is 30.5 Å². The number of nitrogens with one attached hydrogen (secondary N) is 1. The van der Waals surface area contributed by atoms with Crippen molar-refractivity contribution < 1.29 is 8.78 Å². The summed E-state index contributed by atoms with van der Waals surface area (Å²) in [7, 11) is 0. The fourth-order valence-electron chi connectivity index (χ4n) is 1.84. The second-order valence-electron chi connectivity index (χ2n) is 4.76. The fraction of sp³-hybridized carbons (Fsp3) is 0.385. The van der Waals surface area contributed by atoms with E-state index >= 15 is 0 Å². The van der Waals surface area contributed by atoms with Gasteiger partial charge in [-0.3, -0.25) is 0 Å². The van der Waals surface area contributed by atoms with Crippen molar-refractivity contribution in [2.24, 2.45) is 0 Å². The Bertz CT molecular complexity index is 578. The molecular weight excluding hydrogens is 250 g/mol. The molecule has 0 saturated heterocycles. The average molecular weight is 264 g/mol. The van der Waals surface area contributed by atoms with Gasteiger partial charge < -0.3 is 5.32 Å². The van der Waals surface area contributed by atoms with Gasteiger partial charge in [-0.1, -0.05) is 6.07 Å². The van der Waals surface area contributed by atoms with E-state index in [0.717, 1.165) is 11.9 Å². The fourth-order valence-corrected chi connectivity index (χ4v) is 1.84. The molecule has 1 aliphatic carbocycles. The summed E-state index contributed by atoms with van der Waals surface area (Å²) in [5, 5.41) is 7.60. The third-order valence-corrected chi connectivity index (χ3v) is 3.04. The zero-order valence-electron chi connectivity index (χ0n) is 10.3. The molecule has 2 aromatic rings. The number of hydrogen-bond donors (Lipinski definition) is 1. The summed E-state index contributed by atoms with van der Waals surface area (Å²) in [6, 6.07) is 4.46. The topological polar surface area (TPSA) is 42.7 Å². The monoisotopic (exact) mass is 264 g/mol. The van der Waals surface area contributed by atoms with Gasteiger partial charge in [0, 0.05) is 6.04 Å². The molecular formula is C13H14F2N4. The van der Waals surface area contributed by atoms with Crippen LogP contribution >= 0.6 is 0 Å². The van der Waals surface area contributed by atoms with Gasteiger partial charge in [0.25, 0.3) is 0 Å². The van der Waals surface area contributed by atoms with E-state index < -0.39 is 11.6 Å². The summed E-state index contributed by atoms with van der Waals surface area (Å²) in [6.45, 7) is 1.03. The summed E-state index contributed by atoms with van der Waals surface area (Å²) in [5.41, 5.74) is 0.658. The molecule has 0 radical (unpaired) electrons. The zero-order chi connectivity index (χ0) is 13.2. The summed E-state index contributed by atoms with van der Waals surface area (Å²) in [6.07, 6.45) is 4.04. The standard InChI is InChI=1S/C13H14F2N4/c14-11-4-1-9(5-12(11)15)7-19-8-17-13(18-19)6-16-10-2-3-10/h1,4-5,8,10,16H,2-3,6-7H2. The number of rotatable bonds is 5. The van der Waals surface area contributed by atoms with E-state index in [9.17, 15) is 8.78 Å². The van der Waals surface area contributed by atoms with E-state index in [-0.39, 0.29) is 0 Å². The lowest BCUT2D eigenvalue weighted by molar-refractivity contribution is 0.505. The minimum Gasteiger partial charge on any atom is -0.307 e. The number of halogens is 2. The zero-order valence-corrected chi connectivity index (χ0v) is 10.3. The maximum Gasteiger partial charge on any atom is 0.164 e. The molecule has 0 spiro atoms. The highest BCUT2D eigenvalue weighted by Gasteiger charge is 2.20. The van der Waals surface area contributed by atoms with E-state index in [1.54, 1.807) is 17.1 Å². The van der Waals surface area contributed by atoms with Crippen LogP contribution in [0.15, 0.2) is 24.5 Å². The van der Waals surface area contributed by atoms with Gasteiger partial charge in [-0.25, -0.2) is 18.4 Å². The Balaban J connectivity index is 1.63. The van der Waals surface area contributed by atoms with Gasteiger partial charge in [-0.2, -0.15) is 5.10 Å². The van der Waals surface area contributed by atoms with Crippen molar-refractivity contribution in [2.45, 2.75) is 32.0 Å². The van der Waals surface area contributed by atoms with Crippen LogP contribution in [0, 0.1) is 11.6 Å². The van der Waals surface area contributed by atoms with Crippen LogP contribution in [0.3, 0.4) is 0 Å². The Morgan fingerprint density at radius 2 is 2.11 bits per heavy atom. The van der Waals surface area contributed by atoms with Crippen LogP contribution in [0.5, 0.6) is 0 Å². The maximum atomic E-state index is 13.1. The van der Waals surface area contributed by atoms with Gasteiger partial charge in [0.05, 0.1) is 13.1 Å². The molecule has 1 saturated carbocycles. The first kappa shape index (κ1) is 12.2. The van der Waals surface area contributed by atoms with Gasteiger partial charge in [0.1, 0.15) is 6.33 Å². The summed E-state index contributed by atoms with van der Waals surface area (Å²) in [4.78, 5) is 4.17. The van der Waals surface area contributed by atoms with Crippen LogP contribution < -0.4 is 5.32 Å². The lowest BCUT2D eigenvalue weighted by Crippen LogP contribution is -2.16. The summed E-state index contributed by atoms with van der Waals surface area (Å²) in [5.74, 6) is -0.959. The molecule has 0 amide bonds. The molecule has 1 heterocycles. The molecule has 3 rings (SSSR count). The molecule has 1 aliphatic rings. The van der Waals surface area contributed by atoms with Crippen molar-refractivity contribution in [3.05, 3.63) is 47.5 Å². The Morgan fingerprint density at radius 1 is 1.26 bits per heavy atom. The smallest absolute Gasteiger partial charge is 0.164 e. The third kappa shape index (κ3) is 3.14. The highest BCUT2D eigenvalue weighted by molar-refractivity contribution is 5.17.